The Morgan fingerprint density at radius 3 is 2.69 bits per heavy atom. The molecule has 0 spiro atoms. The van der Waals surface area contributed by atoms with Crippen LogP contribution in [0.25, 0.3) is 0 Å². The summed E-state index contributed by atoms with van der Waals surface area (Å²) in [5.41, 5.74) is 0. The van der Waals surface area contributed by atoms with E-state index in [1.807, 2.05) is 13.8 Å². The number of ether oxygens (including phenoxy) is 1. The van der Waals surface area contributed by atoms with Crippen molar-refractivity contribution in [3.05, 3.63) is 0 Å². The summed E-state index contributed by atoms with van der Waals surface area (Å²) in [6.45, 7) is 5.25. The second kappa shape index (κ2) is 8.59. The van der Waals surface area contributed by atoms with Gasteiger partial charge in [-0.3, -0.25) is 0 Å². The molecule has 0 saturated heterocycles. The molecular weight excluding hydrogens is 281 g/mol. The predicted octanol–water partition coefficient (Wildman–Crippen LogP) is 2.58. The zero-order valence-electron chi connectivity index (χ0n) is 8.31. The molecule has 0 bridgehead atoms. The first kappa shape index (κ1) is 13.0. The van der Waals surface area contributed by atoms with Crippen molar-refractivity contribution < 1.29 is 9.53 Å². The van der Waals surface area contributed by atoms with Crippen LogP contribution in [0.3, 0.4) is 0 Å². The van der Waals surface area contributed by atoms with Crippen molar-refractivity contribution in [3.8, 4) is 0 Å². The molecule has 0 fully saturated rings. The largest absolute Gasteiger partial charge is 0.449 e. The van der Waals surface area contributed by atoms with Crippen LogP contribution in [0, 0.1) is 5.92 Å². The fourth-order valence-corrected chi connectivity index (χ4v) is 1.24. The fourth-order valence-electron chi connectivity index (χ4n) is 0.703. The monoisotopic (exact) mass is 299 g/mol. The van der Waals surface area contributed by atoms with Crippen LogP contribution in [0.15, 0.2) is 0 Å². The lowest BCUT2D eigenvalue weighted by atomic mass is 10.2. The Balaban J connectivity index is 3.20. The third-order valence-electron chi connectivity index (χ3n) is 1.38. The Kier molecular flexibility index (Phi) is 8.59. The summed E-state index contributed by atoms with van der Waals surface area (Å²) in [4.78, 5) is 11.0. The summed E-state index contributed by atoms with van der Waals surface area (Å²) in [5.74, 6) is 0.403. The molecular formula is C9H18INO2. The number of alkyl carbamates (subject to hydrolysis) is 1. The lowest BCUT2D eigenvalue weighted by Gasteiger charge is -2.07. The second-order valence-corrected chi connectivity index (χ2v) is 4.39. The second-order valence-electron chi connectivity index (χ2n) is 3.32. The maximum Gasteiger partial charge on any atom is 0.407 e. The zero-order valence-corrected chi connectivity index (χ0v) is 10.5. The topological polar surface area (TPSA) is 38.3 Å². The number of nitrogens with one attached hydrogen (secondary N) is 1. The molecule has 0 aromatic heterocycles. The summed E-state index contributed by atoms with van der Waals surface area (Å²) < 4.78 is 6.07. The van der Waals surface area contributed by atoms with E-state index in [9.17, 15) is 4.79 Å². The summed E-state index contributed by atoms with van der Waals surface area (Å²) in [6, 6.07) is 0. The van der Waals surface area contributed by atoms with Crippen LogP contribution in [0.2, 0.25) is 0 Å². The third kappa shape index (κ3) is 9.92. The van der Waals surface area contributed by atoms with Crippen LogP contribution in [0.5, 0.6) is 0 Å². The number of halogens is 1. The van der Waals surface area contributed by atoms with E-state index in [1.54, 1.807) is 0 Å². The number of hydrogen-bond donors (Lipinski definition) is 1. The van der Waals surface area contributed by atoms with Gasteiger partial charge in [0.1, 0.15) is 0 Å². The van der Waals surface area contributed by atoms with E-state index in [0.717, 1.165) is 23.8 Å². The highest BCUT2D eigenvalue weighted by Gasteiger charge is 2.01. The van der Waals surface area contributed by atoms with Gasteiger partial charge in [-0.1, -0.05) is 36.4 Å². The van der Waals surface area contributed by atoms with Crippen molar-refractivity contribution in [1.29, 1.82) is 0 Å². The number of alkyl halides is 1. The van der Waals surface area contributed by atoms with Gasteiger partial charge in [-0.05, 0) is 23.2 Å². The van der Waals surface area contributed by atoms with Crippen molar-refractivity contribution in [1.82, 2.24) is 5.32 Å². The van der Waals surface area contributed by atoms with Gasteiger partial charge < -0.3 is 10.1 Å². The Morgan fingerprint density at radius 1 is 1.46 bits per heavy atom. The Bertz CT molecular complexity index is 140. The van der Waals surface area contributed by atoms with E-state index < -0.39 is 0 Å². The molecule has 3 nitrogen and oxygen atoms in total. The average Bonchev–Trinajstić information content (AvgIpc) is 2.09. The predicted molar refractivity (Wildman–Crippen MR) is 62.3 cm³/mol. The number of rotatable bonds is 6. The SMILES string of the molecule is CC(C)COC(=O)NCCCCI. The summed E-state index contributed by atoms with van der Waals surface area (Å²) in [6.07, 6.45) is 1.88. The summed E-state index contributed by atoms with van der Waals surface area (Å²) in [5, 5.41) is 2.71. The molecule has 4 heteroatoms. The van der Waals surface area contributed by atoms with Crippen LogP contribution < -0.4 is 5.32 Å². The van der Waals surface area contributed by atoms with Crippen molar-refractivity contribution in [2.75, 3.05) is 17.6 Å². The average molecular weight is 299 g/mol. The number of carbonyl (C=O) groups is 1. The van der Waals surface area contributed by atoms with E-state index in [1.165, 1.54) is 0 Å². The highest BCUT2D eigenvalue weighted by molar-refractivity contribution is 14.1. The maximum atomic E-state index is 11.0. The molecule has 0 aliphatic heterocycles. The van der Waals surface area contributed by atoms with Crippen LogP contribution in [-0.4, -0.2) is 23.7 Å². The molecule has 1 N–H and O–H groups in total. The normalized spacial score (nSPS) is 10.2. The molecule has 0 saturated carbocycles. The van der Waals surface area contributed by atoms with Crippen molar-refractivity contribution in [2.45, 2.75) is 26.7 Å². The van der Waals surface area contributed by atoms with Gasteiger partial charge in [-0.25, -0.2) is 4.79 Å². The fraction of sp³-hybridized carbons (Fsp3) is 0.889. The Hall–Kier alpha value is 0. The minimum atomic E-state index is -0.290. The Labute approximate surface area is 93.7 Å². The van der Waals surface area contributed by atoms with Crippen LogP contribution in [-0.2, 0) is 4.74 Å². The number of amides is 1. The lowest BCUT2D eigenvalue weighted by molar-refractivity contribution is 0.133. The molecule has 0 aromatic carbocycles. The molecule has 1 amide bonds. The molecule has 0 aromatic rings. The van der Waals surface area contributed by atoms with Crippen molar-refractivity contribution in [3.63, 3.8) is 0 Å². The minimum absolute atomic E-state index is 0.290. The molecule has 0 aliphatic carbocycles. The van der Waals surface area contributed by atoms with E-state index in [-0.39, 0.29) is 6.09 Å². The van der Waals surface area contributed by atoms with Crippen molar-refractivity contribution in [2.24, 2.45) is 5.92 Å². The zero-order chi connectivity index (χ0) is 10.1. The molecule has 0 unspecified atom stereocenters. The molecule has 0 rings (SSSR count). The standard InChI is InChI=1S/C9H18INO2/c1-8(2)7-13-9(12)11-6-4-3-5-10/h8H,3-7H2,1-2H3,(H,11,12). The molecule has 0 heterocycles. The van der Waals surface area contributed by atoms with E-state index >= 15 is 0 Å². The number of unbranched alkanes of at least 4 members (excludes halogenated alkanes) is 1. The van der Waals surface area contributed by atoms with Crippen LogP contribution in [0.1, 0.15) is 26.7 Å². The quantitative estimate of drug-likeness (QED) is 0.465. The smallest absolute Gasteiger partial charge is 0.407 e. The summed E-state index contributed by atoms with van der Waals surface area (Å²) in [7, 11) is 0. The molecule has 0 aliphatic rings. The maximum absolute atomic E-state index is 11.0. The van der Waals surface area contributed by atoms with Gasteiger partial charge in [-0.15, -0.1) is 0 Å². The van der Waals surface area contributed by atoms with Gasteiger partial charge in [0.2, 0.25) is 0 Å². The first-order valence-corrected chi connectivity index (χ1v) is 6.16. The van der Waals surface area contributed by atoms with Crippen LogP contribution >= 0.6 is 22.6 Å². The molecule has 13 heavy (non-hydrogen) atoms. The first-order chi connectivity index (χ1) is 6.16. The van der Waals surface area contributed by atoms with E-state index in [2.05, 4.69) is 27.9 Å². The molecule has 0 radical (unpaired) electrons. The first-order valence-electron chi connectivity index (χ1n) is 4.63. The minimum Gasteiger partial charge on any atom is -0.449 e. The highest BCUT2D eigenvalue weighted by atomic mass is 127. The van der Waals surface area contributed by atoms with Gasteiger partial charge in [0.05, 0.1) is 6.61 Å². The van der Waals surface area contributed by atoms with Gasteiger partial charge in [0.15, 0.2) is 0 Å². The van der Waals surface area contributed by atoms with Crippen LogP contribution in [0.4, 0.5) is 4.79 Å². The van der Waals surface area contributed by atoms with Gasteiger partial charge in [0, 0.05) is 6.54 Å². The third-order valence-corrected chi connectivity index (χ3v) is 2.14. The van der Waals surface area contributed by atoms with E-state index in [4.69, 9.17) is 4.74 Å². The van der Waals surface area contributed by atoms with Crippen molar-refractivity contribution >= 4 is 28.7 Å². The molecule has 78 valence electrons. The number of hydrogen-bond acceptors (Lipinski definition) is 2. The highest BCUT2D eigenvalue weighted by Crippen LogP contribution is 1.94. The number of carbonyl (C=O) groups excluding carboxylic acids is 1. The molecule has 0 atom stereocenters. The summed E-state index contributed by atoms with van der Waals surface area (Å²) >= 11 is 2.33. The van der Waals surface area contributed by atoms with Gasteiger partial charge in [0.25, 0.3) is 0 Å². The Morgan fingerprint density at radius 2 is 2.15 bits per heavy atom. The lowest BCUT2D eigenvalue weighted by Crippen LogP contribution is -2.26. The van der Waals surface area contributed by atoms with Gasteiger partial charge in [-0.2, -0.15) is 0 Å². The van der Waals surface area contributed by atoms with Gasteiger partial charge >= 0.3 is 6.09 Å². The van der Waals surface area contributed by atoms with E-state index in [0.29, 0.717) is 12.5 Å².